The van der Waals surface area contributed by atoms with Crippen molar-refractivity contribution in [3.8, 4) is 22.6 Å². The molecule has 3 heterocycles. The highest BCUT2D eigenvalue weighted by atomic mass is 35.5. The molecule has 0 aliphatic carbocycles. The third-order valence-corrected chi connectivity index (χ3v) is 5.41. The van der Waals surface area contributed by atoms with Gasteiger partial charge in [-0.05, 0) is 36.1 Å². The third-order valence-electron chi connectivity index (χ3n) is 5.13. The van der Waals surface area contributed by atoms with Crippen molar-refractivity contribution < 1.29 is 19.0 Å². The van der Waals surface area contributed by atoms with Crippen LogP contribution in [0.2, 0.25) is 5.02 Å². The van der Waals surface area contributed by atoms with E-state index in [1.54, 1.807) is 18.0 Å². The lowest BCUT2D eigenvalue weighted by atomic mass is 9.92. The molecule has 1 N–H and O–H groups in total. The number of amides is 1. The lowest BCUT2D eigenvalue weighted by Gasteiger charge is -2.16. The van der Waals surface area contributed by atoms with Crippen LogP contribution >= 0.6 is 11.6 Å². The first-order valence-corrected chi connectivity index (χ1v) is 10.8. The van der Waals surface area contributed by atoms with E-state index in [-0.39, 0.29) is 24.2 Å². The van der Waals surface area contributed by atoms with Gasteiger partial charge in [-0.15, -0.1) is 0 Å². The maximum Gasteiger partial charge on any atom is 0.231 e. The first-order chi connectivity index (χ1) is 15.1. The van der Waals surface area contributed by atoms with Crippen LogP contribution in [0.25, 0.3) is 22.2 Å². The number of hydrogen-bond donors (Lipinski definition) is 1. The normalized spacial score (nSPS) is 14.1. The van der Waals surface area contributed by atoms with E-state index < -0.39 is 0 Å². The fourth-order valence-corrected chi connectivity index (χ4v) is 3.81. The highest BCUT2D eigenvalue weighted by molar-refractivity contribution is 6.32. The Labute approximate surface area is 191 Å². The first kappa shape index (κ1) is 22.4. The highest BCUT2D eigenvalue weighted by Crippen LogP contribution is 2.42. The molecular weight excluding hydrogens is 432 g/mol. The van der Waals surface area contributed by atoms with Gasteiger partial charge in [0, 0.05) is 25.3 Å². The fourth-order valence-electron chi connectivity index (χ4n) is 3.55. The van der Waals surface area contributed by atoms with Crippen LogP contribution in [0.1, 0.15) is 34.1 Å². The quantitative estimate of drug-likeness (QED) is 0.565. The van der Waals surface area contributed by atoms with Crippen molar-refractivity contribution >= 4 is 34.4 Å². The molecule has 1 unspecified atom stereocenters. The lowest BCUT2D eigenvalue weighted by molar-refractivity contribution is -0.117. The van der Waals surface area contributed by atoms with E-state index in [0.717, 1.165) is 16.5 Å². The van der Waals surface area contributed by atoms with E-state index in [4.69, 9.17) is 25.8 Å². The predicted octanol–water partition coefficient (Wildman–Crippen LogP) is 4.89. The van der Waals surface area contributed by atoms with Gasteiger partial charge in [0.1, 0.15) is 0 Å². The largest absolute Gasteiger partial charge is 0.454 e. The van der Waals surface area contributed by atoms with E-state index in [2.05, 4.69) is 15.4 Å². The maximum atomic E-state index is 12.6. The number of nitrogens with one attached hydrogen (secondary N) is 1. The average Bonchev–Trinajstić information content (AvgIpc) is 3.31. The summed E-state index contributed by atoms with van der Waals surface area (Å²) in [6.07, 6.45) is 2.07. The summed E-state index contributed by atoms with van der Waals surface area (Å²) in [4.78, 5) is 17.3. The Morgan fingerprint density at radius 1 is 1.28 bits per heavy atom. The second kappa shape index (κ2) is 8.60. The van der Waals surface area contributed by atoms with Crippen LogP contribution in [0.15, 0.2) is 24.4 Å². The molecule has 9 heteroatoms. The first-order valence-electron chi connectivity index (χ1n) is 10.4. The Morgan fingerprint density at radius 3 is 2.78 bits per heavy atom. The van der Waals surface area contributed by atoms with Crippen LogP contribution < -0.4 is 14.8 Å². The monoisotopic (exact) mass is 458 g/mol. The number of hydrogen-bond acceptors (Lipinski definition) is 6. The Hall–Kier alpha value is -2.84. The van der Waals surface area contributed by atoms with Crippen LogP contribution in [0.5, 0.6) is 11.5 Å². The van der Waals surface area contributed by atoms with Crippen molar-refractivity contribution in [2.45, 2.75) is 46.8 Å². The molecule has 1 aliphatic rings. The molecular formula is C23H27ClN4O4. The van der Waals surface area contributed by atoms with E-state index in [1.165, 1.54) is 0 Å². The van der Waals surface area contributed by atoms with Crippen LogP contribution in [-0.2, 0) is 16.1 Å². The zero-order valence-corrected chi connectivity index (χ0v) is 19.6. The summed E-state index contributed by atoms with van der Waals surface area (Å²) < 4.78 is 18.0. The molecule has 32 heavy (non-hydrogen) atoms. The Balaban J connectivity index is 1.76. The summed E-state index contributed by atoms with van der Waals surface area (Å²) in [5, 5.41) is 8.80. The summed E-state index contributed by atoms with van der Waals surface area (Å²) in [7, 11) is 1.65. The van der Waals surface area contributed by atoms with Gasteiger partial charge < -0.3 is 19.5 Å². The number of anilines is 1. The summed E-state index contributed by atoms with van der Waals surface area (Å²) in [6, 6.07) is 5.63. The summed E-state index contributed by atoms with van der Waals surface area (Å²) in [5.74, 6) is 1.51. The van der Waals surface area contributed by atoms with Crippen LogP contribution in [0.4, 0.5) is 5.82 Å². The topological polar surface area (TPSA) is 87.5 Å². The van der Waals surface area contributed by atoms with E-state index >= 15 is 0 Å². The van der Waals surface area contributed by atoms with Crippen LogP contribution in [0.3, 0.4) is 0 Å². The SMILES string of the molecule is COC(C)Cn1nc(NC(=O)CC(C)(C)C)c2cc(-c3cc(Cl)c4c(c3)OCO4)cnc21. The average molecular weight is 459 g/mol. The molecule has 1 atom stereocenters. The van der Waals surface area contributed by atoms with Gasteiger partial charge in [0.25, 0.3) is 0 Å². The molecule has 1 aromatic carbocycles. The minimum Gasteiger partial charge on any atom is -0.454 e. The van der Waals surface area contributed by atoms with Crippen molar-refractivity contribution in [2.75, 3.05) is 19.2 Å². The van der Waals surface area contributed by atoms with Crippen molar-refractivity contribution in [3.05, 3.63) is 29.4 Å². The smallest absolute Gasteiger partial charge is 0.231 e. The van der Waals surface area contributed by atoms with Gasteiger partial charge in [-0.1, -0.05) is 32.4 Å². The standard InChI is InChI=1S/C23H27ClN4O4/c1-13(30-5)11-28-22-16(21(27-28)26-19(29)9-23(2,3)4)6-15(10-25-22)14-7-17(24)20-18(8-14)31-12-32-20/h6-8,10,13H,9,11-12H2,1-5H3,(H,26,27,29). The number of halogens is 1. The molecule has 0 radical (unpaired) electrons. The molecule has 170 valence electrons. The summed E-state index contributed by atoms with van der Waals surface area (Å²) in [5.41, 5.74) is 2.18. The Morgan fingerprint density at radius 2 is 2.06 bits per heavy atom. The number of benzene rings is 1. The van der Waals surface area contributed by atoms with Gasteiger partial charge in [0.15, 0.2) is 23.0 Å². The Kier molecular flexibility index (Phi) is 6.01. The number of carbonyl (C=O) groups excluding carboxylic acids is 1. The van der Waals surface area contributed by atoms with Gasteiger partial charge in [0.2, 0.25) is 12.7 Å². The number of carbonyl (C=O) groups is 1. The maximum absolute atomic E-state index is 12.6. The molecule has 2 aromatic heterocycles. The van der Waals surface area contributed by atoms with E-state index in [9.17, 15) is 4.79 Å². The molecule has 1 amide bonds. The number of ether oxygens (including phenoxy) is 3. The number of fused-ring (bicyclic) bond motifs is 2. The molecule has 8 nitrogen and oxygen atoms in total. The van der Waals surface area contributed by atoms with Crippen molar-refractivity contribution in [1.29, 1.82) is 0 Å². The van der Waals surface area contributed by atoms with Gasteiger partial charge in [-0.2, -0.15) is 5.10 Å². The van der Waals surface area contributed by atoms with Crippen molar-refractivity contribution in [3.63, 3.8) is 0 Å². The highest BCUT2D eigenvalue weighted by Gasteiger charge is 2.22. The summed E-state index contributed by atoms with van der Waals surface area (Å²) >= 11 is 6.37. The van der Waals surface area contributed by atoms with Gasteiger partial charge in [-0.3, -0.25) is 4.79 Å². The number of pyridine rings is 1. The zero-order chi connectivity index (χ0) is 23.0. The molecule has 0 bridgehead atoms. The van der Waals surface area contributed by atoms with E-state index in [1.807, 2.05) is 45.9 Å². The van der Waals surface area contributed by atoms with Gasteiger partial charge in [0.05, 0.1) is 23.1 Å². The number of nitrogens with zero attached hydrogens (tertiary/aromatic N) is 3. The minimum atomic E-state index is -0.139. The minimum absolute atomic E-state index is 0.0645. The molecule has 0 saturated heterocycles. The summed E-state index contributed by atoms with van der Waals surface area (Å²) in [6.45, 7) is 8.66. The second-order valence-corrected chi connectivity index (χ2v) is 9.56. The van der Waals surface area contributed by atoms with E-state index in [0.29, 0.717) is 41.0 Å². The van der Waals surface area contributed by atoms with Gasteiger partial charge in [-0.25, -0.2) is 9.67 Å². The Bertz CT molecular complexity index is 1170. The second-order valence-electron chi connectivity index (χ2n) is 9.15. The van der Waals surface area contributed by atoms with Crippen molar-refractivity contribution in [1.82, 2.24) is 14.8 Å². The molecule has 4 rings (SSSR count). The fraction of sp³-hybridized carbons (Fsp3) is 0.435. The predicted molar refractivity (Wildman–Crippen MR) is 123 cm³/mol. The molecule has 0 spiro atoms. The molecule has 0 saturated carbocycles. The zero-order valence-electron chi connectivity index (χ0n) is 18.9. The molecule has 3 aromatic rings. The number of methoxy groups -OCH3 is 1. The number of rotatable bonds is 6. The lowest BCUT2D eigenvalue weighted by Crippen LogP contribution is -2.20. The molecule has 0 fully saturated rings. The molecule has 1 aliphatic heterocycles. The third kappa shape index (κ3) is 4.66. The van der Waals surface area contributed by atoms with Crippen LogP contribution in [-0.4, -0.2) is 40.7 Å². The van der Waals surface area contributed by atoms with Crippen LogP contribution in [0, 0.1) is 5.41 Å². The number of aromatic nitrogens is 3. The van der Waals surface area contributed by atoms with Gasteiger partial charge >= 0.3 is 0 Å². The van der Waals surface area contributed by atoms with Crippen molar-refractivity contribution in [2.24, 2.45) is 5.41 Å².